The van der Waals surface area contributed by atoms with Gasteiger partial charge in [-0.3, -0.25) is 4.90 Å². The van der Waals surface area contributed by atoms with Crippen molar-refractivity contribution in [3.8, 4) is 0 Å². The molecule has 0 fully saturated rings. The van der Waals surface area contributed by atoms with E-state index in [9.17, 15) is 0 Å². The molecule has 0 unspecified atom stereocenters. The zero-order chi connectivity index (χ0) is 14.5. The van der Waals surface area contributed by atoms with Crippen LogP contribution in [0.1, 0.15) is 27.8 Å². The molecule has 0 saturated heterocycles. The molecule has 0 atom stereocenters. The van der Waals surface area contributed by atoms with Crippen LogP contribution in [-0.2, 0) is 19.6 Å². The van der Waals surface area contributed by atoms with Gasteiger partial charge in [-0.25, -0.2) is 0 Å². The molecule has 2 aromatic rings. The SMILES string of the molecule is Cc1cc(C)cc(CN(C)Cc2ccc(CN)cc2)c1. The number of benzene rings is 2. The number of hydrogen-bond acceptors (Lipinski definition) is 2. The molecule has 2 N–H and O–H groups in total. The van der Waals surface area contributed by atoms with Crippen LogP contribution < -0.4 is 5.73 Å². The Labute approximate surface area is 122 Å². The first kappa shape index (κ1) is 14.8. The second kappa shape index (κ2) is 6.69. The molecule has 2 aromatic carbocycles. The van der Waals surface area contributed by atoms with Crippen LogP contribution in [-0.4, -0.2) is 11.9 Å². The largest absolute Gasteiger partial charge is 0.326 e. The van der Waals surface area contributed by atoms with Gasteiger partial charge in [0.2, 0.25) is 0 Å². The van der Waals surface area contributed by atoms with Gasteiger partial charge in [0.15, 0.2) is 0 Å². The van der Waals surface area contributed by atoms with Crippen LogP contribution in [0.15, 0.2) is 42.5 Å². The maximum absolute atomic E-state index is 5.62. The summed E-state index contributed by atoms with van der Waals surface area (Å²) in [4.78, 5) is 2.34. The van der Waals surface area contributed by atoms with E-state index >= 15 is 0 Å². The van der Waals surface area contributed by atoms with Crippen molar-refractivity contribution in [3.05, 3.63) is 70.3 Å². The molecule has 0 radical (unpaired) electrons. The fraction of sp³-hybridized carbons (Fsp3) is 0.333. The van der Waals surface area contributed by atoms with Crippen LogP contribution in [0.3, 0.4) is 0 Å². The van der Waals surface area contributed by atoms with Crippen molar-refractivity contribution in [2.75, 3.05) is 7.05 Å². The summed E-state index contributed by atoms with van der Waals surface area (Å²) in [6, 6.07) is 15.3. The van der Waals surface area contributed by atoms with E-state index in [1.165, 1.54) is 27.8 Å². The second-order valence-corrected chi connectivity index (χ2v) is 5.69. The Morgan fingerprint density at radius 1 is 0.800 bits per heavy atom. The van der Waals surface area contributed by atoms with Crippen LogP contribution >= 0.6 is 0 Å². The summed E-state index contributed by atoms with van der Waals surface area (Å²) in [6.07, 6.45) is 0. The molecule has 0 aliphatic heterocycles. The van der Waals surface area contributed by atoms with Crippen LogP contribution in [0.2, 0.25) is 0 Å². The third-order valence-corrected chi connectivity index (χ3v) is 3.45. The molecule has 20 heavy (non-hydrogen) atoms. The highest BCUT2D eigenvalue weighted by Crippen LogP contribution is 2.13. The number of aryl methyl sites for hydroxylation is 2. The van der Waals surface area contributed by atoms with Gasteiger partial charge in [-0.1, -0.05) is 53.6 Å². The average molecular weight is 268 g/mol. The van der Waals surface area contributed by atoms with Gasteiger partial charge in [0.1, 0.15) is 0 Å². The van der Waals surface area contributed by atoms with Gasteiger partial charge in [-0.05, 0) is 37.6 Å². The van der Waals surface area contributed by atoms with Crippen molar-refractivity contribution < 1.29 is 0 Å². The number of nitrogens with two attached hydrogens (primary N) is 1. The molecule has 0 aliphatic rings. The van der Waals surface area contributed by atoms with E-state index in [2.05, 4.69) is 68.3 Å². The topological polar surface area (TPSA) is 29.3 Å². The molecule has 106 valence electrons. The summed E-state index contributed by atoms with van der Waals surface area (Å²) < 4.78 is 0. The standard InChI is InChI=1S/C18H24N2/c1-14-8-15(2)10-18(9-14)13-20(3)12-17-6-4-16(11-19)5-7-17/h4-10H,11-13,19H2,1-3H3. The molecule has 0 heterocycles. The maximum atomic E-state index is 5.62. The molecule has 0 aliphatic carbocycles. The minimum Gasteiger partial charge on any atom is -0.326 e. The van der Waals surface area contributed by atoms with Gasteiger partial charge in [0.25, 0.3) is 0 Å². The first-order valence-corrected chi connectivity index (χ1v) is 7.10. The zero-order valence-electron chi connectivity index (χ0n) is 12.7. The summed E-state index contributed by atoms with van der Waals surface area (Å²) >= 11 is 0. The molecule has 0 amide bonds. The maximum Gasteiger partial charge on any atom is 0.0234 e. The quantitative estimate of drug-likeness (QED) is 0.900. The summed E-state index contributed by atoms with van der Waals surface area (Å²) in [5.74, 6) is 0. The summed E-state index contributed by atoms with van der Waals surface area (Å²) in [5, 5.41) is 0. The van der Waals surface area contributed by atoms with Crippen LogP contribution in [0, 0.1) is 13.8 Å². The Morgan fingerprint density at radius 2 is 1.30 bits per heavy atom. The molecular weight excluding hydrogens is 244 g/mol. The Hall–Kier alpha value is -1.64. The molecule has 2 rings (SSSR count). The van der Waals surface area contributed by atoms with Gasteiger partial charge < -0.3 is 5.73 Å². The summed E-state index contributed by atoms with van der Waals surface area (Å²) in [7, 11) is 2.16. The Morgan fingerprint density at radius 3 is 1.85 bits per heavy atom. The third kappa shape index (κ3) is 4.19. The lowest BCUT2D eigenvalue weighted by Gasteiger charge is -2.18. The first-order valence-electron chi connectivity index (χ1n) is 7.10. The normalized spacial score (nSPS) is 11.1. The molecule has 0 saturated carbocycles. The Balaban J connectivity index is 1.98. The van der Waals surface area contributed by atoms with Crippen molar-refractivity contribution in [1.82, 2.24) is 4.90 Å². The predicted octanol–water partition coefficient (Wildman–Crippen LogP) is 3.39. The van der Waals surface area contributed by atoms with Crippen LogP contribution in [0.5, 0.6) is 0 Å². The predicted molar refractivity (Wildman–Crippen MR) is 85.4 cm³/mol. The molecule has 0 aromatic heterocycles. The van der Waals surface area contributed by atoms with Crippen molar-refractivity contribution in [3.63, 3.8) is 0 Å². The Kier molecular flexibility index (Phi) is 4.94. The fourth-order valence-electron chi connectivity index (χ4n) is 2.62. The fourth-order valence-corrected chi connectivity index (χ4v) is 2.62. The molecule has 0 spiro atoms. The van der Waals surface area contributed by atoms with E-state index < -0.39 is 0 Å². The van der Waals surface area contributed by atoms with E-state index in [0.29, 0.717) is 6.54 Å². The van der Waals surface area contributed by atoms with E-state index in [4.69, 9.17) is 5.73 Å². The number of rotatable bonds is 5. The van der Waals surface area contributed by atoms with Gasteiger partial charge in [0, 0.05) is 19.6 Å². The summed E-state index contributed by atoms with van der Waals surface area (Å²) in [6.45, 7) is 6.85. The molecule has 2 heteroatoms. The number of hydrogen-bond donors (Lipinski definition) is 1. The van der Waals surface area contributed by atoms with Gasteiger partial charge in [-0.2, -0.15) is 0 Å². The van der Waals surface area contributed by atoms with Crippen molar-refractivity contribution in [1.29, 1.82) is 0 Å². The lowest BCUT2D eigenvalue weighted by atomic mass is 10.1. The lowest BCUT2D eigenvalue weighted by molar-refractivity contribution is 0.319. The van der Waals surface area contributed by atoms with Crippen molar-refractivity contribution >= 4 is 0 Å². The van der Waals surface area contributed by atoms with Gasteiger partial charge in [0.05, 0.1) is 0 Å². The van der Waals surface area contributed by atoms with E-state index in [0.717, 1.165) is 13.1 Å². The minimum absolute atomic E-state index is 0.610. The molecule has 2 nitrogen and oxygen atoms in total. The van der Waals surface area contributed by atoms with Crippen LogP contribution in [0.25, 0.3) is 0 Å². The van der Waals surface area contributed by atoms with Gasteiger partial charge in [-0.15, -0.1) is 0 Å². The van der Waals surface area contributed by atoms with Crippen LogP contribution in [0.4, 0.5) is 0 Å². The Bertz CT molecular complexity index is 538. The monoisotopic (exact) mass is 268 g/mol. The van der Waals surface area contributed by atoms with E-state index in [1.807, 2.05) is 0 Å². The van der Waals surface area contributed by atoms with E-state index in [1.54, 1.807) is 0 Å². The van der Waals surface area contributed by atoms with Crippen molar-refractivity contribution in [2.24, 2.45) is 5.73 Å². The minimum atomic E-state index is 0.610. The smallest absolute Gasteiger partial charge is 0.0234 e. The van der Waals surface area contributed by atoms with Crippen molar-refractivity contribution in [2.45, 2.75) is 33.5 Å². The van der Waals surface area contributed by atoms with Gasteiger partial charge >= 0.3 is 0 Å². The number of nitrogens with zero attached hydrogens (tertiary/aromatic N) is 1. The molecular formula is C18H24N2. The zero-order valence-corrected chi connectivity index (χ0v) is 12.7. The lowest BCUT2D eigenvalue weighted by Crippen LogP contribution is -2.17. The molecule has 0 bridgehead atoms. The second-order valence-electron chi connectivity index (χ2n) is 5.69. The average Bonchev–Trinajstić information content (AvgIpc) is 2.38. The highest BCUT2D eigenvalue weighted by atomic mass is 15.1. The third-order valence-electron chi connectivity index (χ3n) is 3.45. The summed E-state index contributed by atoms with van der Waals surface area (Å²) in [5.41, 5.74) is 12.2. The highest BCUT2D eigenvalue weighted by molar-refractivity contribution is 5.28. The highest BCUT2D eigenvalue weighted by Gasteiger charge is 2.03. The van der Waals surface area contributed by atoms with E-state index in [-0.39, 0.29) is 0 Å². The first-order chi connectivity index (χ1) is 9.56.